The number of phenols is 1. The van der Waals surface area contributed by atoms with E-state index in [1.165, 1.54) is 12.1 Å². The maximum atomic E-state index is 12.9. The third-order valence-corrected chi connectivity index (χ3v) is 5.21. The molecule has 9 heteroatoms. The summed E-state index contributed by atoms with van der Waals surface area (Å²) in [4.78, 5) is 37.3. The molecule has 2 amide bonds. The first-order valence-electron chi connectivity index (χ1n) is 10.9. The average Bonchev–Trinajstić information content (AvgIpc) is 2.80. The number of nitrogens with two attached hydrogens (primary N) is 2. The second kappa shape index (κ2) is 13.2. The normalized spacial score (nSPS) is 13.5. The SMILES string of the molecule is NCCCC[C@H](NC(=O)[C@@H](N)Cc1ccc(O)cc1)C(=O)N[C@@H](Cc1ccccc1)C(=O)O. The molecule has 0 aliphatic carbocycles. The summed E-state index contributed by atoms with van der Waals surface area (Å²) in [7, 11) is 0. The van der Waals surface area contributed by atoms with Crippen molar-refractivity contribution < 1.29 is 24.6 Å². The zero-order chi connectivity index (χ0) is 24.2. The lowest BCUT2D eigenvalue weighted by Gasteiger charge is -2.23. The van der Waals surface area contributed by atoms with Crippen molar-refractivity contribution in [3.05, 3.63) is 65.7 Å². The number of nitrogens with one attached hydrogen (secondary N) is 2. The van der Waals surface area contributed by atoms with Gasteiger partial charge in [-0.15, -0.1) is 0 Å². The molecule has 0 saturated carbocycles. The van der Waals surface area contributed by atoms with E-state index in [-0.39, 0.29) is 18.6 Å². The van der Waals surface area contributed by atoms with Gasteiger partial charge < -0.3 is 32.3 Å². The highest BCUT2D eigenvalue weighted by atomic mass is 16.4. The molecule has 178 valence electrons. The largest absolute Gasteiger partial charge is 0.508 e. The standard InChI is InChI=1S/C24H32N4O5/c25-13-5-4-8-20(27-22(30)19(26)14-17-9-11-18(29)12-10-17)23(31)28-21(24(32)33)15-16-6-2-1-3-7-16/h1-3,6-7,9-12,19-21,29H,4-5,8,13-15,25-26H2,(H,27,30)(H,28,31)(H,32,33)/t19-,20-,21-/m0/s1. The van der Waals surface area contributed by atoms with Gasteiger partial charge in [0.15, 0.2) is 0 Å². The van der Waals surface area contributed by atoms with E-state index in [1.54, 1.807) is 36.4 Å². The van der Waals surface area contributed by atoms with E-state index in [9.17, 15) is 24.6 Å². The van der Waals surface area contributed by atoms with Crippen LogP contribution in [0.3, 0.4) is 0 Å². The fraction of sp³-hybridized carbons (Fsp3) is 0.375. The Morgan fingerprint density at radius 2 is 1.42 bits per heavy atom. The quantitative estimate of drug-likeness (QED) is 0.241. The molecule has 2 aromatic rings. The Morgan fingerprint density at radius 3 is 2.03 bits per heavy atom. The molecule has 8 N–H and O–H groups in total. The predicted octanol–water partition coefficient (Wildman–Crippen LogP) is 0.688. The van der Waals surface area contributed by atoms with Crippen molar-refractivity contribution in [2.45, 2.75) is 50.2 Å². The molecule has 2 rings (SSSR count). The Labute approximate surface area is 193 Å². The van der Waals surface area contributed by atoms with E-state index in [2.05, 4.69) is 10.6 Å². The van der Waals surface area contributed by atoms with Gasteiger partial charge in [0.1, 0.15) is 17.8 Å². The maximum absolute atomic E-state index is 12.9. The van der Waals surface area contributed by atoms with Crippen LogP contribution in [0.1, 0.15) is 30.4 Å². The van der Waals surface area contributed by atoms with Crippen LogP contribution < -0.4 is 22.1 Å². The van der Waals surface area contributed by atoms with Crippen LogP contribution in [-0.4, -0.2) is 52.7 Å². The van der Waals surface area contributed by atoms with Crippen LogP contribution in [0, 0.1) is 0 Å². The summed E-state index contributed by atoms with van der Waals surface area (Å²) >= 11 is 0. The van der Waals surface area contributed by atoms with E-state index in [4.69, 9.17) is 11.5 Å². The number of phenolic OH excluding ortho intramolecular Hbond substituents is 1. The first-order chi connectivity index (χ1) is 15.8. The van der Waals surface area contributed by atoms with Crippen LogP contribution in [0.5, 0.6) is 5.75 Å². The number of hydrogen-bond acceptors (Lipinski definition) is 6. The Balaban J connectivity index is 2.04. The number of carbonyl (C=O) groups is 3. The summed E-state index contributed by atoms with van der Waals surface area (Å²) < 4.78 is 0. The Kier molecular flexibility index (Phi) is 10.3. The molecule has 0 fully saturated rings. The highest BCUT2D eigenvalue weighted by Gasteiger charge is 2.28. The summed E-state index contributed by atoms with van der Waals surface area (Å²) in [5, 5.41) is 24.2. The molecule has 2 aromatic carbocycles. The number of carbonyl (C=O) groups excluding carboxylic acids is 2. The zero-order valence-corrected chi connectivity index (χ0v) is 18.4. The summed E-state index contributed by atoms with van der Waals surface area (Å²) in [6.07, 6.45) is 1.88. The van der Waals surface area contributed by atoms with Crippen LogP contribution in [0.15, 0.2) is 54.6 Å². The molecular weight excluding hydrogens is 424 g/mol. The maximum Gasteiger partial charge on any atom is 0.326 e. The zero-order valence-electron chi connectivity index (χ0n) is 18.4. The number of amides is 2. The van der Waals surface area contributed by atoms with Crippen LogP contribution in [-0.2, 0) is 27.2 Å². The molecule has 0 spiro atoms. The van der Waals surface area contributed by atoms with Crippen molar-refractivity contribution in [3.63, 3.8) is 0 Å². The number of carboxylic acid groups (broad SMARTS) is 1. The minimum absolute atomic E-state index is 0.108. The summed E-state index contributed by atoms with van der Waals surface area (Å²) in [5.41, 5.74) is 13.1. The van der Waals surface area contributed by atoms with Gasteiger partial charge in [0.25, 0.3) is 0 Å². The number of aromatic hydroxyl groups is 1. The molecule has 33 heavy (non-hydrogen) atoms. The molecule has 0 aliphatic rings. The fourth-order valence-corrected chi connectivity index (χ4v) is 3.34. The number of unbranched alkanes of at least 4 members (excludes halogenated alkanes) is 1. The highest BCUT2D eigenvalue weighted by molar-refractivity contribution is 5.91. The molecule has 9 nitrogen and oxygen atoms in total. The molecule has 3 atom stereocenters. The van der Waals surface area contributed by atoms with Crippen molar-refractivity contribution in [3.8, 4) is 5.75 Å². The van der Waals surface area contributed by atoms with E-state index in [0.29, 0.717) is 25.8 Å². The van der Waals surface area contributed by atoms with Gasteiger partial charge in [-0.05, 0) is 55.5 Å². The van der Waals surface area contributed by atoms with Gasteiger partial charge in [-0.1, -0.05) is 42.5 Å². The van der Waals surface area contributed by atoms with Crippen LogP contribution in [0.4, 0.5) is 0 Å². The minimum atomic E-state index is -1.16. The monoisotopic (exact) mass is 456 g/mol. The smallest absolute Gasteiger partial charge is 0.326 e. The molecule has 0 aliphatic heterocycles. The van der Waals surface area contributed by atoms with Crippen molar-refractivity contribution in [1.82, 2.24) is 10.6 Å². The van der Waals surface area contributed by atoms with Crippen molar-refractivity contribution in [1.29, 1.82) is 0 Å². The summed E-state index contributed by atoms with van der Waals surface area (Å²) in [6, 6.07) is 12.3. The highest BCUT2D eigenvalue weighted by Crippen LogP contribution is 2.11. The lowest BCUT2D eigenvalue weighted by molar-refractivity contribution is -0.142. The lowest BCUT2D eigenvalue weighted by Crippen LogP contribution is -2.55. The van der Waals surface area contributed by atoms with Crippen LogP contribution in [0.25, 0.3) is 0 Å². The summed E-state index contributed by atoms with van der Waals surface area (Å²) in [5.74, 6) is -2.16. The van der Waals surface area contributed by atoms with Crippen molar-refractivity contribution in [2.75, 3.05) is 6.54 Å². The van der Waals surface area contributed by atoms with Gasteiger partial charge >= 0.3 is 5.97 Å². The topological polar surface area (TPSA) is 168 Å². The van der Waals surface area contributed by atoms with E-state index < -0.39 is 35.9 Å². The number of benzene rings is 2. The Bertz CT molecular complexity index is 905. The first-order valence-corrected chi connectivity index (χ1v) is 10.9. The number of hydrogen-bond donors (Lipinski definition) is 6. The molecule has 0 bridgehead atoms. The molecule has 0 unspecified atom stereocenters. The van der Waals surface area contributed by atoms with E-state index in [1.807, 2.05) is 6.07 Å². The average molecular weight is 457 g/mol. The van der Waals surface area contributed by atoms with Gasteiger partial charge in [-0.3, -0.25) is 9.59 Å². The molecular formula is C24H32N4O5. The molecule has 0 aromatic heterocycles. The Hall–Kier alpha value is -3.43. The van der Waals surface area contributed by atoms with Gasteiger partial charge in [-0.2, -0.15) is 0 Å². The lowest BCUT2D eigenvalue weighted by atomic mass is 10.0. The van der Waals surface area contributed by atoms with Crippen LogP contribution >= 0.6 is 0 Å². The third kappa shape index (κ3) is 8.91. The number of aliphatic carboxylic acids is 1. The van der Waals surface area contributed by atoms with Gasteiger partial charge in [-0.25, -0.2) is 4.79 Å². The second-order valence-corrected chi connectivity index (χ2v) is 7.91. The molecule has 0 radical (unpaired) electrons. The van der Waals surface area contributed by atoms with Crippen LogP contribution in [0.2, 0.25) is 0 Å². The van der Waals surface area contributed by atoms with E-state index >= 15 is 0 Å². The molecule has 0 heterocycles. The number of carboxylic acids is 1. The van der Waals surface area contributed by atoms with Crippen molar-refractivity contribution >= 4 is 17.8 Å². The van der Waals surface area contributed by atoms with Gasteiger partial charge in [0.05, 0.1) is 6.04 Å². The minimum Gasteiger partial charge on any atom is -0.508 e. The van der Waals surface area contributed by atoms with Gasteiger partial charge in [0.2, 0.25) is 11.8 Å². The predicted molar refractivity (Wildman–Crippen MR) is 124 cm³/mol. The fourth-order valence-electron chi connectivity index (χ4n) is 3.34. The van der Waals surface area contributed by atoms with E-state index in [0.717, 1.165) is 11.1 Å². The third-order valence-electron chi connectivity index (χ3n) is 5.21. The first kappa shape index (κ1) is 25.8. The van der Waals surface area contributed by atoms with Gasteiger partial charge in [0, 0.05) is 6.42 Å². The molecule has 0 saturated heterocycles. The van der Waals surface area contributed by atoms with Crippen molar-refractivity contribution in [2.24, 2.45) is 11.5 Å². The summed E-state index contributed by atoms with van der Waals surface area (Å²) in [6.45, 7) is 0.439. The Morgan fingerprint density at radius 1 is 0.818 bits per heavy atom. The number of rotatable bonds is 13. The second-order valence-electron chi connectivity index (χ2n) is 7.91.